The summed E-state index contributed by atoms with van der Waals surface area (Å²) in [5.41, 5.74) is 3.33. The van der Waals surface area contributed by atoms with Gasteiger partial charge in [0, 0.05) is 5.38 Å². The molecule has 0 aliphatic rings. The highest BCUT2D eigenvalue weighted by molar-refractivity contribution is 7.11. The molecule has 0 aliphatic heterocycles. The molecule has 0 radical (unpaired) electrons. The third-order valence-corrected chi connectivity index (χ3v) is 3.88. The molecule has 3 rings (SSSR count). The Balaban J connectivity index is 1.65. The second-order valence-electron chi connectivity index (χ2n) is 4.66. The van der Waals surface area contributed by atoms with Gasteiger partial charge in [-0.15, -0.1) is 0 Å². The van der Waals surface area contributed by atoms with Crippen molar-refractivity contribution in [2.45, 2.75) is 6.61 Å². The summed E-state index contributed by atoms with van der Waals surface area (Å²) in [5.74, 6) is -1.04. The van der Waals surface area contributed by atoms with Crippen LogP contribution in [0.4, 0.5) is 0 Å². The summed E-state index contributed by atoms with van der Waals surface area (Å²) in [5, 5.41) is 10.6. The fourth-order valence-electron chi connectivity index (χ4n) is 1.99. The number of ether oxygens (including phenoxy) is 1. The van der Waals surface area contributed by atoms with Gasteiger partial charge in [-0.3, -0.25) is 0 Å². The monoisotopic (exact) mass is 311 g/mol. The highest BCUT2D eigenvalue weighted by atomic mass is 32.1. The van der Waals surface area contributed by atoms with Gasteiger partial charge >= 0.3 is 5.97 Å². The molecule has 1 N–H and O–H groups in total. The van der Waals surface area contributed by atoms with Crippen molar-refractivity contribution < 1.29 is 14.6 Å². The molecule has 110 valence electrons. The lowest BCUT2D eigenvalue weighted by atomic mass is 10.0. The zero-order valence-corrected chi connectivity index (χ0v) is 12.4. The van der Waals surface area contributed by atoms with Gasteiger partial charge in [-0.05, 0) is 16.7 Å². The molecule has 0 aliphatic carbocycles. The first-order chi connectivity index (χ1) is 10.7. The van der Waals surface area contributed by atoms with Crippen molar-refractivity contribution in [2.24, 2.45) is 0 Å². The normalized spacial score (nSPS) is 10.4. The molecule has 0 fully saturated rings. The average Bonchev–Trinajstić information content (AvgIpc) is 3.04. The Labute approximate surface area is 131 Å². The largest absolute Gasteiger partial charge is 0.476 e. The fraction of sp³-hybridized carbons (Fsp3) is 0.0588. The van der Waals surface area contributed by atoms with Crippen LogP contribution in [0.5, 0.6) is 5.19 Å². The van der Waals surface area contributed by atoms with Gasteiger partial charge in [-0.1, -0.05) is 65.9 Å². The van der Waals surface area contributed by atoms with Crippen LogP contribution in [0.1, 0.15) is 16.1 Å². The third kappa shape index (κ3) is 3.32. The molecule has 4 nitrogen and oxygen atoms in total. The summed E-state index contributed by atoms with van der Waals surface area (Å²) in [6.45, 7) is 0.363. The van der Waals surface area contributed by atoms with Crippen molar-refractivity contribution in [3.05, 3.63) is 71.2 Å². The van der Waals surface area contributed by atoms with Crippen LogP contribution in [-0.4, -0.2) is 16.1 Å². The standard InChI is InChI=1S/C17H13NO3S/c19-16(20)15-11-22-17(18-15)21-10-12-6-8-14(9-7-12)13-4-2-1-3-5-13/h1-9,11H,10H2,(H,19,20). The number of hydrogen-bond donors (Lipinski definition) is 1. The second kappa shape index (κ2) is 6.41. The van der Waals surface area contributed by atoms with Crippen molar-refractivity contribution in [1.82, 2.24) is 4.98 Å². The van der Waals surface area contributed by atoms with Crippen LogP contribution in [0, 0.1) is 0 Å². The van der Waals surface area contributed by atoms with Crippen molar-refractivity contribution >= 4 is 17.3 Å². The van der Waals surface area contributed by atoms with Crippen molar-refractivity contribution in [3.63, 3.8) is 0 Å². The van der Waals surface area contributed by atoms with Gasteiger partial charge in [0.05, 0.1) is 0 Å². The van der Waals surface area contributed by atoms with Crippen molar-refractivity contribution in [2.75, 3.05) is 0 Å². The van der Waals surface area contributed by atoms with Crippen LogP contribution in [-0.2, 0) is 6.61 Å². The summed E-state index contributed by atoms with van der Waals surface area (Å²) < 4.78 is 5.51. The molecule has 0 bridgehead atoms. The van der Waals surface area contributed by atoms with Gasteiger partial charge in [0.15, 0.2) is 5.69 Å². The lowest BCUT2D eigenvalue weighted by Gasteiger charge is -2.05. The van der Waals surface area contributed by atoms with E-state index < -0.39 is 5.97 Å². The summed E-state index contributed by atoms with van der Waals surface area (Å²) >= 11 is 1.18. The van der Waals surface area contributed by atoms with Gasteiger partial charge < -0.3 is 9.84 Å². The topological polar surface area (TPSA) is 59.4 Å². The van der Waals surface area contributed by atoms with E-state index in [0.29, 0.717) is 11.8 Å². The summed E-state index contributed by atoms with van der Waals surface area (Å²) in [6.07, 6.45) is 0. The van der Waals surface area contributed by atoms with Gasteiger partial charge in [0.1, 0.15) is 6.61 Å². The van der Waals surface area contributed by atoms with Gasteiger partial charge in [0.2, 0.25) is 0 Å². The minimum Gasteiger partial charge on any atom is -0.476 e. The number of aromatic nitrogens is 1. The number of thiazole rings is 1. The van der Waals surface area contributed by atoms with Crippen LogP contribution < -0.4 is 4.74 Å². The number of aromatic carboxylic acids is 1. The summed E-state index contributed by atoms with van der Waals surface area (Å²) in [7, 11) is 0. The Morgan fingerprint density at radius 1 is 1.05 bits per heavy atom. The fourth-order valence-corrected chi connectivity index (χ4v) is 2.63. The van der Waals surface area contributed by atoms with Gasteiger partial charge in [-0.2, -0.15) is 4.98 Å². The number of rotatable bonds is 5. The maximum absolute atomic E-state index is 10.7. The van der Waals surface area contributed by atoms with Crippen molar-refractivity contribution in [3.8, 4) is 16.3 Å². The van der Waals surface area contributed by atoms with E-state index in [1.807, 2.05) is 42.5 Å². The molecule has 0 atom stereocenters. The van der Waals surface area contributed by atoms with E-state index in [1.54, 1.807) is 0 Å². The first kappa shape index (κ1) is 14.3. The molecule has 2 aromatic carbocycles. The molecule has 0 saturated heterocycles. The first-order valence-electron chi connectivity index (χ1n) is 6.68. The zero-order valence-electron chi connectivity index (χ0n) is 11.6. The highest BCUT2D eigenvalue weighted by Crippen LogP contribution is 2.22. The van der Waals surface area contributed by atoms with E-state index in [-0.39, 0.29) is 5.69 Å². The molecule has 0 saturated carbocycles. The molecule has 0 spiro atoms. The van der Waals surface area contributed by atoms with Crippen LogP contribution >= 0.6 is 11.3 Å². The minimum absolute atomic E-state index is 0.0134. The van der Waals surface area contributed by atoms with E-state index in [1.165, 1.54) is 22.3 Å². The van der Waals surface area contributed by atoms with E-state index in [0.717, 1.165) is 11.1 Å². The van der Waals surface area contributed by atoms with Crippen LogP contribution in [0.25, 0.3) is 11.1 Å². The molecule has 1 aromatic heterocycles. The molecular formula is C17H13NO3S. The maximum Gasteiger partial charge on any atom is 0.355 e. The number of nitrogens with zero attached hydrogens (tertiary/aromatic N) is 1. The number of hydrogen-bond acceptors (Lipinski definition) is 4. The van der Waals surface area contributed by atoms with E-state index >= 15 is 0 Å². The highest BCUT2D eigenvalue weighted by Gasteiger charge is 2.09. The number of carbonyl (C=O) groups is 1. The molecular weight excluding hydrogens is 298 g/mol. The molecule has 1 heterocycles. The SMILES string of the molecule is O=C(O)c1csc(OCc2ccc(-c3ccccc3)cc2)n1. The van der Waals surface area contributed by atoms with Crippen molar-refractivity contribution in [1.29, 1.82) is 0 Å². The van der Waals surface area contributed by atoms with Crippen LogP contribution in [0.15, 0.2) is 60.0 Å². The lowest BCUT2D eigenvalue weighted by molar-refractivity contribution is 0.0690. The molecule has 5 heteroatoms. The number of carboxylic acid groups (broad SMARTS) is 1. The smallest absolute Gasteiger partial charge is 0.355 e. The van der Waals surface area contributed by atoms with Crippen LogP contribution in [0.2, 0.25) is 0 Å². The first-order valence-corrected chi connectivity index (χ1v) is 7.56. The molecule has 0 amide bonds. The summed E-state index contributed by atoms with van der Waals surface area (Å²) in [6, 6.07) is 18.2. The quantitative estimate of drug-likeness (QED) is 0.771. The Bertz CT molecular complexity index is 766. The van der Waals surface area contributed by atoms with Crippen LogP contribution in [0.3, 0.4) is 0 Å². The predicted molar refractivity (Wildman–Crippen MR) is 85.3 cm³/mol. The Kier molecular flexibility index (Phi) is 4.16. The van der Waals surface area contributed by atoms with E-state index in [2.05, 4.69) is 17.1 Å². The van der Waals surface area contributed by atoms with E-state index in [4.69, 9.17) is 9.84 Å². The van der Waals surface area contributed by atoms with E-state index in [9.17, 15) is 4.79 Å². The maximum atomic E-state index is 10.7. The average molecular weight is 311 g/mol. The van der Waals surface area contributed by atoms with Gasteiger partial charge in [-0.25, -0.2) is 4.79 Å². The zero-order chi connectivity index (χ0) is 15.4. The van der Waals surface area contributed by atoms with Gasteiger partial charge in [0.25, 0.3) is 5.19 Å². The molecule has 3 aromatic rings. The summed E-state index contributed by atoms with van der Waals surface area (Å²) in [4.78, 5) is 14.6. The Morgan fingerprint density at radius 2 is 1.73 bits per heavy atom. The number of carboxylic acids is 1. The molecule has 22 heavy (non-hydrogen) atoms. The second-order valence-corrected chi connectivity index (χ2v) is 5.48. The molecule has 0 unspecified atom stereocenters. The minimum atomic E-state index is -1.04. The number of benzene rings is 2. The lowest BCUT2D eigenvalue weighted by Crippen LogP contribution is -1.98. The Hall–Kier alpha value is -2.66. The Morgan fingerprint density at radius 3 is 2.36 bits per heavy atom. The third-order valence-electron chi connectivity index (χ3n) is 3.13. The predicted octanol–water partition coefficient (Wildman–Crippen LogP) is 4.09.